The van der Waals surface area contributed by atoms with Gasteiger partial charge in [0.25, 0.3) is 0 Å². The van der Waals surface area contributed by atoms with Gasteiger partial charge in [-0.25, -0.2) is 0 Å². The molecule has 0 amide bonds. The highest BCUT2D eigenvalue weighted by Gasteiger charge is 2.19. The van der Waals surface area contributed by atoms with E-state index in [1.807, 2.05) is 6.92 Å². The summed E-state index contributed by atoms with van der Waals surface area (Å²) in [5, 5.41) is -0.0360. The van der Waals surface area contributed by atoms with E-state index in [9.17, 15) is 4.79 Å². The Morgan fingerprint density at radius 3 is 2.23 bits per heavy atom. The van der Waals surface area contributed by atoms with E-state index in [-0.39, 0.29) is 9.82 Å². The first-order valence-electron chi connectivity index (χ1n) is 3.33. The van der Waals surface area contributed by atoms with E-state index in [1.54, 1.807) is 0 Å². The van der Waals surface area contributed by atoms with Gasteiger partial charge in [-0.3, -0.25) is 4.79 Å². The number of hydrogen-bond acceptors (Lipinski definition) is 3. The predicted molar refractivity (Wildman–Crippen MR) is 65.9 cm³/mol. The molecule has 0 fully saturated rings. The van der Waals surface area contributed by atoms with Gasteiger partial charge in [-0.1, -0.05) is 23.5 Å². The van der Waals surface area contributed by atoms with Crippen LogP contribution in [0.4, 0.5) is 4.79 Å². The molecule has 0 radical (unpaired) electrons. The summed E-state index contributed by atoms with van der Waals surface area (Å²) < 4.78 is -0.715. The van der Waals surface area contributed by atoms with E-state index in [1.165, 1.54) is 0 Å². The third-order valence-electron chi connectivity index (χ3n) is 0.838. The minimum Gasteiger partial charge on any atom is -0.274 e. The van der Waals surface area contributed by atoms with Crippen LogP contribution >= 0.6 is 69.9 Å². The van der Waals surface area contributed by atoms with Crippen molar-refractivity contribution in [2.75, 3.05) is 5.75 Å². The molecule has 0 N–H and O–H groups in total. The summed E-state index contributed by atoms with van der Waals surface area (Å²) in [5.41, 5.74) is 0. The third kappa shape index (κ3) is 8.52. The number of hydrogen-bond donors (Lipinski definition) is 0. The summed E-state index contributed by atoms with van der Waals surface area (Å²) >= 11 is 24.3. The molecule has 78 valence electrons. The molecule has 0 aromatic heterocycles. The second kappa shape index (κ2) is 7.77. The van der Waals surface area contributed by atoms with Crippen molar-refractivity contribution in [3.05, 3.63) is 0 Å². The zero-order valence-electron chi connectivity index (χ0n) is 6.68. The van der Waals surface area contributed by atoms with Gasteiger partial charge in [-0.2, -0.15) is 0 Å². The number of rotatable bonds is 4. The maximum Gasteiger partial charge on any atom is 0.247 e. The molecule has 0 saturated heterocycles. The van der Waals surface area contributed by atoms with E-state index in [4.69, 9.17) is 46.4 Å². The molecule has 0 unspecified atom stereocenters. The van der Waals surface area contributed by atoms with Crippen molar-refractivity contribution in [3.63, 3.8) is 0 Å². The van der Waals surface area contributed by atoms with E-state index >= 15 is 0 Å². The molecule has 0 aliphatic carbocycles. The lowest BCUT2D eigenvalue weighted by Crippen LogP contribution is -2.06. The van der Waals surface area contributed by atoms with Crippen LogP contribution in [-0.4, -0.2) is 25.1 Å². The Morgan fingerprint density at radius 2 is 1.85 bits per heavy atom. The molecule has 0 bridgehead atoms. The average Bonchev–Trinajstić information content (AvgIpc) is 2.00. The zero-order chi connectivity index (χ0) is 10.4. The van der Waals surface area contributed by atoms with Gasteiger partial charge < -0.3 is 0 Å². The van der Waals surface area contributed by atoms with Crippen molar-refractivity contribution in [3.8, 4) is 0 Å². The Morgan fingerprint density at radius 1 is 1.31 bits per heavy atom. The molecule has 2 atom stereocenters. The lowest BCUT2D eigenvalue weighted by Gasteiger charge is -2.07. The van der Waals surface area contributed by atoms with Gasteiger partial charge in [-0.05, 0) is 6.92 Å². The molecule has 0 spiro atoms. The first-order chi connectivity index (χ1) is 5.93. The zero-order valence-corrected chi connectivity index (χ0v) is 11.3. The molecule has 0 saturated carbocycles. The van der Waals surface area contributed by atoms with Crippen molar-refractivity contribution in [2.24, 2.45) is 0 Å². The molecule has 1 nitrogen and oxygen atoms in total. The van der Waals surface area contributed by atoms with Crippen LogP contribution < -0.4 is 0 Å². The topological polar surface area (TPSA) is 17.1 Å². The fraction of sp³-hybridized carbons (Fsp3) is 0.833. The molecule has 0 heterocycles. The minimum atomic E-state index is -0.746. The summed E-state index contributed by atoms with van der Waals surface area (Å²) in [4.78, 5) is 10.4. The number of thioether (sulfide) groups is 2. The molecule has 0 aromatic carbocycles. The fourth-order valence-electron chi connectivity index (χ4n) is 0.360. The van der Waals surface area contributed by atoms with Crippen molar-refractivity contribution in [1.29, 1.82) is 0 Å². The van der Waals surface area contributed by atoms with Crippen LogP contribution in [0.2, 0.25) is 0 Å². The van der Waals surface area contributed by atoms with Gasteiger partial charge in [0.2, 0.25) is 4.45 Å². The standard InChI is InChI=1S/C6H8Cl4OS2/c1-3(7)2-12-6(11)13-5(10)4(8)9/h3-5H,2H2,1H3/t3-,5-/m0/s1. The summed E-state index contributed by atoms with van der Waals surface area (Å²) in [6, 6.07) is 0. The predicted octanol–water partition coefficient (Wildman–Crippen LogP) is 4.57. The van der Waals surface area contributed by atoms with Gasteiger partial charge in [0.05, 0.1) is 0 Å². The minimum absolute atomic E-state index is 0.0360. The molecular weight excluding hydrogens is 294 g/mol. The second-order valence-corrected chi connectivity index (χ2v) is 7.15. The number of carbonyl (C=O) groups excluding carboxylic acids is 1. The number of carbonyl (C=O) groups is 1. The largest absolute Gasteiger partial charge is 0.274 e. The second-order valence-electron chi connectivity index (χ2n) is 2.15. The van der Waals surface area contributed by atoms with Crippen LogP contribution in [-0.2, 0) is 0 Å². The number of halogens is 4. The summed E-state index contributed by atoms with van der Waals surface area (Å²) in [6.07, 6.45) is 0. The lowest BCUT2D eigenvalue weighted by atomic mass is 10.6. The monoisotopic (exact) mass is 300 g/mol. The van der Waals surface area contributed by atoms with Crippen molar-refractivity contribution in [2.45, 2.75) is 21.8 Å². The average molecular weight is 302 g/mol. The van der Waals surface area contributed by atoms with Crippen LogP contribution in [0.25, 0.3) is 0 Å². The van der Waals surface area contributed by atoms with Gasteiger partial charge >= 0.3 is 0 Å². The Kier molecular flexibility index (Phi) is 8.69. The van der Waals surface area contributed by atoms with Gasteiger partial charge in [-0.15, -0.1) is 46.4 Å². The first-order valence-corrected chi connectivity index (χ1v) is 6.94. The molecule has 13 heavy (non-hydrogen) atoms. The normalized spacial score (nSPS) is 15.8. The van der Waals surface area contributed by atoms with Gasteiger partial charge in [0.1, 0.15) is 9.55 Å². The Hall–Kier alpha value is 1.53. The van der Waals surface area contributed by atoms with E-state index < -0.39 is 9.55 Å². The first kappa shape index (κ1) is 14.5. The van der Waals surface area contributed by atoms with Crippen molar-refractivity contribution in [1.82, 2.24) is 0 Å². The van der Waals surface area contributed by atoms with Crippen LogP contribution in [0.3, 0.4) is 0 Å². The molecule has 7 heteroatoms. The molecule has 0 aliphatic rings. The van der Waals surface area contributed by atoms with Crippen molar-refractivity contribution >= 4 is 74.4 Å². The number of alkyl halides is 4. The van der Waals surface area contributed by atoms with E-state index in [0.29, 0.717) is 5.75 Å². The van der Waals surface area contributed by atoms with Crippen LogP contribution in [0.5, 0.6) is 0 Å². The Labute approximate surface area is 106 Å². The molecule has 0 rings (SSSR count). The SMILES string of the molecule is C[C@H](Cl)CSC(=O)S[C@H](Cl)C(Cl)Cl. The maximum absolute atomic E-state index is 11.1. The highest BCUT2D eigenvalue weighted by molar-refractivity contribution is 8.39. The van der Waals surface area contributed by atoms with Crippen LogP contribution in [0.1, 0.15) is 6.92 Å². The van der Waals surface area contributed by atoms with Crippen molar-refractivity contribution < 1.29 is 4.79 Å². The molecule has 0 aliphatic heterocycles. The van der Waals surface area contributed by atoms with E-state index in [0.717, 1.165) is 23.5 Å². The maximum atomic E-state index is 11.1. The quantitative estimate of drug-likeness (QED) is 0.708. The molecular formula is C6H8Cl4OS2. The Balaban J connectivity index is 3.62. The third-order valence-corrected chi connectivity index (χ3v) is 4.99. The Bertz CT molecular complexity index is 165. The summed E-state index contributed by atoms with van der Waals surface area (Å²) in [5.74, 6) is 0.562. The fourth-order valence-corrected chi connectivity index (χ4v) is 2.70. The smallest absolute Gasteiger partial charge is 0.247 e. The summed E-state index contributed by atoms with van der Waals surface area (Å²) in [6.45, 7) is 1.82. The lowest BCUT2D eigenvalue weighted by molar-refractivity contribution is 0.276. The van der Waals surface area contributed by atoms with Gasteiger partial charge in [0, 0.05) is 11.1 Å². The van der Waals surface area contributed by atoms with Crippen LogP contribution in [0, 0.1) is 0 Å². The van der Waals surface area contributed by atoms with Crippen LogP contribution in [0.15, 0.2) is 0 Å². The highest BCUT2D eigenvalue weighted by atomic mass is 35.5. The molecule has 0 aromatic rings. The highest BCUT2D eigenvalue weighted by Crippen LogP contribution is 2.30. The summed E-state index contributed by atoms with van der Waals surface area (Å²) in [7, 11) is 0. The van der Waals surface area contributed by atoms with E-state index in [2.05, 4.69) is 0 Å². The van der Waals surface area contributed by atoms with Gasteiger partial charge in [0.15, 0.2) is 0 Å².